The summed E-state index contributed by atoms with van der Waals surface area (Å²) in [5.41, 5.74) is -0.205. The fourth-order valence-electron chi connectivity index (χ4n) is 7.26. The van der Waals surface area contributed by atoms with Gasteiger partial charge in [-0.05, 0) is 36.6 Å². The predicted octanol–water partition coefficient (Wildman–Crippen LogP) is 2.66. The first-order chi connectivity index (χ1) is 21.8. The molecular weight excluding hydrogens is 624 g/mol. The van der Waals surface area contributed by atoms with E-state index in [1.807, 2.05) is 6.92 Å². The highest BCUT2D eigenvalue weighted by molar-refractivity contribution is 6.22. The van der Waals surface area contributed by atoms with Gasteiger partial charge < -0.3 is 43.4 Å². The molecule has 2 bridgehead atoms. The van der Waals surface area contributed by atoms with Crippen LogP contribution in [0.4, 0.5) is 0 Å². The van der Waals surface area contributed by atoms with Gasteiger partial charge in [-0.2, -0.15) is 0 Å². The van der Waals surface area contributed by atoms with Crippen molar-refractivity contribution in [2.75, 3.05) is 26.9 Å². The summed E-state index contributed by atoms with van der Waals surface area (Å²) in [4.78, 5) is 38.8. The molecule has 0 amide bonds. The molecule has 4 aliphatic heterocycles. The van der Waals surface area contributed by atoms with Crippen molar-refractivity contribution in [3.8, 4) is 0 Å². The standard InChI is InChI=1S/C33H45ClO12/c1-17-12-24-31(38)44-23-13-22(45-32(14-23)15-25(35)19(3)29(46-32)18(2)20(4)34)9-11-42-27(37)7-6-26(36)41-10-8-21-16-43-30(28(17)40-5)33(21,24)39/h8,12,19-20,22-25,28-30,35,39H,2,6-7,9-11,13-16H2,1,3-5H3/b21-8+/t19-,20?,22+,23-,24-,25-,28+,29+,30+,32-,33+/m0/s1. The first-order valence-corrected chi connectivity index (χ1v) is 16.3. The molecule has 1 unspecified atom stereocenters. The Bertz CT molecular complexity index is 1260. The monoisotopic (exact) mass is 668 g/mol. The summed E-state index contributed by atoms with van der Waals surface area (Å²) in [6.45, 7) is 9.29. The summed E-state index contributed by atoms with van der Waals surface area (Å²) < 4.78 is 41.5. The van der Waals surface area contributed by atoms with Gasteiger partial charge in [0.2, 0.25) is 0 Å². The Kier molecular flexibility index (Phi) is 10.7. The lowest BCUT2D eigenvalue weighted by Gasteiger charge is -2.51. The van der Waals surface area contributed by atoms with E-state index in [1.165, 1.54) is 13.2 Å². The zero-order valence-corrected chi connectivity index (χ0v) is 27.5. The van der Waals surface area contributed by atoms with E-state index in [4.69, 9.17) is 44.8 Å². The number of alkyl halides is 1. The molecule has 3 fully saturated rings. The average molecular weight is 669 g/mol. The molecule has 46 heavy (non-hydrogen) atoms. The Morgan fingerprint density at radius 2 is 1.85 bits per heavy atom. The first-order valence-electron chi connectivity index (χ1n) is 15.9. The number of fused-ring (bicyclic) bond motifs is 2. The third-order valence-corrected chi connectivity index (χ3v) is 10.1. The van der Waals surface area contributed by atoms with Crippen molar-refractivity contribution in [3.05, 3.63) is 35.5 Å². The maximum atomic E-state index is 14.1. The fourth-order valence-corrected chi connectivity index (χ4v) is 7.38. The molecule has 12 nitrogen and oxygen atoms in total. The van der Waals surface area contributed by atoms with Crippen LogP contribution in [-0.4, -0.2) is 108 Å². The first kappa shape index (κ1) is 35.0. The van der Waals surface area contributed by atoms with Gasteiger partial charge in [0, 0.05) is 38.7 Å². The van der Waals surface area contributed by atoms with Crippen LogP contribution in [0.2, 0.25) is 0 Å². The van der Waals surface area contributed by atoms with Gasteiger partial charge in [-0.3, -0.25) is 14.4 Å². The van der Waals surface area contributed by atoms with Gasteiger partial charge in [0.25, 0.3) is 0 Å². The lowest BCUT2D eigenvalue weighted by atomic mass is 9.71. The van der Waals surface area contributed by atoms with Crippen LogP contribution in [0.15, 0.2) is 35.5 Å². The van der Waals surface area contributed by atoms with E-state index in [1.54, 1.807) is 19.9 Å². The van der Waals surface area contributed by atoms with Gasteiger partial charge in [0.1, 0.15) is 36.4 Å². The Labute approximate surface area is 273 Å². The van der Waals surface area contributed by atoms with E-state index in [-0.39, 0.29) is 64.3 Å². The largest absolute Gasteiger partial charge is 0.466 e. The molecule has 0 aromatic heterocycles. The van der Waals surface area contributed by atoms with E-state index in [2.05, 4.69) is 6.58 Å². The second-order valence-corrected chi connectivity index (χ2v) is 13.7. The minimum atomic E-state index is -1.84. The molecule has 256 valence electrons. The number of carbonyl (C=O) groups excluding carboxylic acids is 3. The third-order valence-electron chi connectivity index (χ3n) is 9.86. The van der Waals surface area contributed by atoms with Crippen LogP contribution in [-0.2, 0) is 47.5 Å². The van der Waals surface area contributed by atoms with E-state index >= 15 is 0 Å². The molecule has 3 saturated heterocycles. The number of ether oxygens (including phenoxy) is 7. The number of carbonyl (C=O) groups is 3. The molecule has 13 heteroatoms. The quantitative estimate of drug-likeness (QED) is 0.197. The van der Waals surface area contributed by atoms with Crippen LogP contribution >= 0.6 is 11.6 Å². The van der Waals surface area contributed by atoms with Gasteiger partial charge in [0.15, 0.2) is 5.79 Å². The summed E-state index contributed by atoms with van der Waals surface area (Å²) >= 11 is 6.37. The summed E-state index contributed by atoms with van der Waals surface area (Å²) in [5.74, 6) is -4.72. The molecule has 0 radical (unpaired) electrons. The van der Waals surface area contributed by atoms with Crippen LogP contribution < -0.4 is 0 Å². The van der Waals surface area contributed by atoms with Crippen molar-refractivity contribution in [1.82, 2.24) is 0 Å². The van der Waals surface area contributed by atoms with Crippen LogP contribution in [0.5, 0.6) is 0 Å². The van der Waals surface area contributed by atoms with Crippen molar-refractivity contribution < 1.29 is 57.8 Å². The number of cyclic esters (lactones) is 2. The van der Waals surface area contributed by atoms with Crippen molar-refractivity contribution in [2.45, 2.75) is 113 Å². The Morgan fingerprint density at radius 3 is 2.54 bits per heavy atom. The molecule has 0 saturated carbocycles. The molecule has 4 heterocycles. The molecule has 1 spiro atoms. The summed E-state index contributed by atoms with van der Waals surface area (Å²) in [7, 11) is 1.50. The normalized spacial score (nSPS) is 42.6. The maximum Gasteiger partial charge on any atom is 0.316 e. The smallest absolute Gasteiger partial charge is 0.316 e. The molecule has 5 rings (SSSR count). The van der Waals surface area contributed by atoms with Crippen molar-refractivity contribution in [2.24, 2.45) is 11.8 Å². The summed E-state index contributed by atoms with van der Waals surface area (Å²) in [6.07, 6.45) is -0.845. The number of halogens is 1. The molecule has 1 aliphatic carbocycles. The van der Waals surface area contributed by atoms with Gasteiger partial charge in [0.05, 0.1) is 49.7 Å². The van der Waals surface area contributed by atoms with E-state index in [9.17, 15) is 24.6 Å². The molecule has 11 atom stereocenters. The van der Waals surface area contributed by atoms with Gasteiger partial charge in [-0.15, -0.1) is 11.6 Å². The number of aliphatic hydroxyl groups is 2. The number of hydrogen-bond donors (Lipinski definition) is 2. The lowest BCUT2D eigenvalue weighted by Crippen LogP contribution is -2.60. The zero-order chi connectivity index (χ0) is 33.4. The Hall–Kier alpha value is -2.32. The van der Waals surface area contributed by atoms with Crippen LogP contribution in [0, 0.1) is 11.8 Å². The van der Waals surface area contributed by atoms with Gasteiger partial charge in [-0.25, -0.2) is 0 Å². The molecule has 5 aliphatic rings. The third kappa shape index (κ3) is 6.94. The van der Waals surface area contributed by atoms with Crippen LogP contribution in [0.25, 0.3) is 0 Å². The second-order valence-electron chi connectivity index (χ2n) is 13.0. The highest BCUT2D eigenvalue weighted by atomic mass is 35.5. The van der Waals surface area contributed by atoms with E-state index in [0.717, 1.165) is 0 Å². The molecule has 0 aromatic carbocycles. The summed E-state index contributed by atoms with van der Waals surface area (Å²) in [6, 6.07) is 0. The molecule has 2 N–H and O–H groups in total. The van der Waals surface area contributed by atoms with Gasteiger partial charge >= 0.3 is 17.9 Å². The van der Waals surface area contributed by atoms with Crippen LogP contribution in [0.1, 0.15) is 59.3 Å². The minimum Gasteiger partial charge on any atom is -0.466 e. The highest BCUT2D eigenvalue weighted by Gasteiger charge is 2.61. The number of rotatable bonds is 3. The Morgan fingerprint density at radius 1 is 1.13 bits per heavy atom. The number of hydrogen-bond acceptors (Lipinski definition) is 12. The zero-order valence-electron chi connectivity index (χ0n) is 26.8. The average Bonchev–Trinajstić information content (AvgIpc) is 3.33. The van der Waals surface area contributed by atoms with E-state index in [0.29, 0.717) is 16.7 Å². The molecule has 0 aromatic rings. The van der Waals surface area contributed by atoms with E-state index < -0.39 is 77.2 Å². The number of esters is 3. The van der Waals surface area contributed by atoms with Crippen molar-refractivity contribution in [3.63, 3.8) is 0 Å². The van der Waals surface area contributed by atoms with Crippen molar-refractivity contribution >= 4 is 29.5 Å². The second kappa shape index (κ2) is 14.0. The van der Waals surface area contributed by atoms with Crippen LogP contribution in [0.3, 0.4) is 0 Å². The fraction of sp³-hybridized carbons (Fsp3) is 0.727. The topological polar surface area (TPSA) is 156 Å². The number of methoxy groups -OCH3 is 1. The number of aliphatic hydroxyl groups excluding tert-OH is 1. The lowest BCUT2D eigenvalue weighted by molar-refractivity contribution is -0.344. The highest BCUT2D eigenvalue weighted by Crippen LogP contribution is 2.48. The SMILES string of the molecule is C=C(C(C)Cl)[C@H]1O[C@@]2(C[C@@H]3C[C@@H](CCOC(=O)CCC(=O)OC/C=C4\CO[C@@H]5[C@H](OC)C(C)=C[C@@H](C(=O)O3)[C@]45O)O2)C[C@H](O)[C@@H]1C. The predicted molar refractivity (Wildman–Crippen MR) is 162 cm³/mol. The summed E-state index contributed by atoms with van der Waals surface area (Å²) in [5, 5.41) is 22.9. The Balaban J connectivity index is 1.49. The maximum absolute atomic E-state index is 14.1. The minimum absolute atomic E-state index is 0.0169. The van der Waals surface area contributed by atoms with Crippen molar-refractivity contribution in [1.29, 1.82) is 0 Å². The van der Waals surface area contributed by atoms with Gasteiger partial charge in [-0.1, -0.05) is 19.6 Å². The molecular formula is C33H45ClO12.